The standard InChI is InChI=1S/C12H17FN2O4S/c1-8(6-19-2)15-12(16)7-20(17,18)11-5-9(13)3-4-10(11)14/h3-5,8H,6-7,14H2,1-2H3,(H,15,16). The number of carbonyl (C=O) groups excluding carboxylic acids is 1. The van der Waals surface area contributed by atoms with E-state index in [0.29, 0.717) is 0 Å². The maximum Gasteiger partial charge on any atom is 0.235 e. The molecule has 1 atom stereocenters. The minimum absolute atomic E-state index is 0.0934. The van der Waals surface area contributed by atoms with Crippen LogP contribution in [0, 0.1) is 5.82 Å². The van der Waals surface area contributed by atoms with Crippen LogP contribution in [0.25, 0.3) is 0 Å². The number of sulfone groups is 1. The molecule has 1 amide bonds. The second-order valence-electron chi connectivity index (χ2n) is 4.37. The fourth-order valence-corrected chi connectivity index (χ4v) is 2.94. The molecule has 1 rings (SSSR count). The van der Waals surface area contributed by atoms with Gasteiger partial charge in [0.25, 0.3) is 0 Å². The molecule has 1 aromatic rings. The average molecular weight is 304 g/mol. The molecule has 1 aromatic carbocycles. The highest BCUT2D eigenvalue weighted by molar-refractivity contribution is 7.92. The van der Waals surface area contributed by atoms with Gasteiger partial charge in [0.2, 0.25) is 5.91 Å². The third-order valence-electron chi connectivity index (χ3n) is 2.46. The fraction of sp³-hybridized carbons (Fsp3) is 0.417. The number of amides is 1. The number of anilines is 1. The number of nitrogens with two attached hydrogens (primary N) is 1. The Morgan fingerprint density at radius 2 is 2.15 bits per heavy atom. The Labute approximate surface area is 117 Å². The van der Waals surface area contributed by atoms with Crippen LogP contribution >= 0.6 is 0 Å². The van der Waals surface area contributed by atoms with Crippen LogP contribution in [0.3, 0.4) is 0 Å². The molecule has 8 heteroatoms. The summed E-state index contributed by atoms with van der Waals surface area (Å²) in [4.78, 5) is 11.3. The number of nitrogen functional groups attached to an aromatic ring is 1. The molecule has 20 heavy (non-hydrogen) atoms. The molecule has 0 heterocycles. The molecule has 0 aliphatic rings. The molecule has 0 aliphatic carbocycles. The van der Waals surface area contributed by atoms with Gasteiger partial charge in [0.1, 0.15) is 11.6 Å². The van der Waals surface area contributed by atoms with Crippen LogP contribution in [-0.4, -0.2) is 39.8 Å². The largest absolute Gasteiger partial charge is 0.398 e. The summed E-state index contributed by atoms with van der Waals surface area (Å²) < 4.78 is 41.9. The second-order valence-corrected chi connectivity index (χ2v) is 6.32. The van der Waals surface area contributed by atoms with Crippen LogP contribution in [0.4, 0.5) is 10.1 Å². The van der Waals surface area contributed by atoms with Gasteiger partial charge in [0, 0.05) is 13.2 Å². The molecule has 0 spiro atoms. The zero-order valence-electron chi connectivity index (χ0n) is 11.2. The highest BCUT2D eigenvalue weighted by Crippen LogP contribution is 2.20. The van der Waals surface area contributed by atoms with Gasteiger partial charge in [0.05, 0.1) is 17.2 Å². The monoisotopic (exact) mass is 304 g/mol. The van der Waals surface area contributed by atoms with Crippen LogP contribution in [0.15, 0.2) is 23.1 Å². The van der Waals surface area contributed by atoms with Crippen molar-refractivity contribution >= 4 is 21.4 Å². The number of carbonyl (C=O) groups is 1. The van der Waals surface area contributed by atoms with E-state index in [1.807, 2.05) is 0 Å². The van der Waals surface area contributed by atoms with Crippen LogP contribution in [0.5, 0.6) is 0 Å². The average Bonchev–Trinajstić information content (AvgIpc) is 2.31. The first kappa shape index (κ1) is 16.4. The summed E-state index contributed by atoms with van der Waals surface area (Å²) in [5.41, 5.74) is 5.41. The molecule has 3 N–H and O–H groups in total. The van der Waals surface area contributed by atoms with Gasteiger partial charge >= 0.3 is 0 Å². The third kappa shape index (κ3) is 4.46. The smallest absolute Gasteiger partial charge is 0.235 e. The highest BCUT2D eigenvalue weighted by Gasteiger charge is 2.23. The first-order valence-electron chi connectivity index (χ1n) is 5.82. The summed E-state index contributed by atoms with van der Waals surface area (Å²) in [6, 6.07) is 2.67. The van der Waals surface area contributed by atoms with Crippen LogP contribution in [0.1, 0.15) is 6.92 Å². The number of halogens is 1. The molecular weight excluding hydrogens is 287 g/mol. The Hall–Kier alpha value is -1.67. The van der Waals surface area contributed by atoms with Gasteiger partial charge in [-0.3, -0.25) is 4.79 Å². The van der Waals surface area contributed by atoms with E-state index in [2.05, 4.69) is 5.32 Å². The van der Waals surface area contributed by atoms with E-state index in [9.17, 15) is 17.6 Å². The molecule has 0 saturated heterocycles. The van der Waals surface area contributed by atoms with Crippen molar-refractivity contribution in [3.63, 3.8) is 0 Å². The summed E-state index contributed by atoms with van der Waals surface area (Å²) in [5.74, 6) is -2.22. The number of rotatable bonds is 6. The Morgan fingerprint density at radius 1 is 1.50 bits per heavy atom. The van der Waals surface area contributed by atoms with E-state index < -0.39 is 27.3 Å². The van der Waals surface area contributed by atoms with Gasteiger partial charge in [-0.15, -0.1) is 0 Å². The van der Waals surface area contributed by atoms with Gasteiger partial charge < -0.3 is 15.8 Å². The van der Waals surface area contributed by atoms with Gasteiger partial charge in [-0.25, -0.2) is 12.8 Å². The molecular formula is C12H17FN2O4S. The van der Waals surface area contributed by atoms with E-state index >= 15 is 0 Å². The lowest BCUT2D eigenvalue weighted by atomic mass is 10.3. The summed E-state index contributed by atoms with van der Waals surface area (Å²) in [5, 5.41) is 2.46. The van der Waals surface area contributed by atoms with Gasteiger partial charge in [0.15, 0.2) is 9.84 Å². The zero-order valence-corrected chi connectivity index (χ0v) is 12.0. The van der Waals surface area contributed by atoms with Crippen LogP contribution < -0.4 is 11.1 Å². The van der Waals surface area contributed by atoms with E-state index in [1.165, 1.54) is 7.11 Å². The topological polar surface area (TPSA) is 98.5 Å². The predicted molar refractivity (Wildman–Crippen MR) is 72.3 cm³/mol. The number of ether oxygens (including phenoxy) is 1. The van der Waals surface area contributed by atoms with Crippen molar-refractivity contribution < 1.29 is 22.3 Å². The van der Waals surface area contributed by atoms with Crippen molar-refractivity contribution in [1.29, 1.82) is 0 Å². The first-order valence-corrected chi connectivity index (χ1v) is 7.47. The molecule has 0 aromatic heterocycles. The lowest BCUT2D eigenvalue weighted by Gasteiger charge is -2.13. The molecule has 0 bridgehead atoms. The second kappa shape index (κ2) is 6.67. The SMILES string of the molecule is COCC(C)NC(=O)CS(=O)(=O)c1cc(F)ccc1N. The Morgan fingerprint density at radius 3 is 2.75 bits per heavy atom. The molecule has 0 saturated carbocycles. The Balaban J connectivity index is 2.85. The number of hydrogen-bond acceptors (Lipinski definition) is 5. The number of benzene rings is 1. The summed E-state index contributed by atoms with van der Waals surface area (Å²) in [7, 11) is -2.53. The van der Waals surface area contributed by atoms with E-state index in [1.54, 1.807) is 6.92 Å². The summed E-state index contributed by atoms with van der Waals surface area (Å²) >= 11 is 0. The lowest BCUT2D eigenvalue weighted by molar-refractivity contribution is -0.119. The van der Waals surface area contributed by atoms with Gasteiger partial charge in [-0.05, 0) is 25.1 Å². The normalized spacial score (nSPS) is 12.9. The fourth-order valence-electron chi connectivity index (χ4n) is 1.64. The zero-order chi connectivity index (χ0) is 15.3. The number of nitrogens with one attached hydrogen (secondary N) is 1. The Kier molecular flexibility index (Phi) is 5.46. The molecule has 112 valence electrons. The third-order valence-corrected chi connectivity index (χ3v) is 4.12. The minimum atomic E-state index is -3.99. The minimum Gasteiger partial charge on any atom is -0.398 e. The van der Waals surface area contributed by atoms with Gasteiger partial charge in [-0.2, -0.15) is 0 Å². The number of hydrogen-bond donors (Lipinski definition) is 2. The van der Waals surface area contributed by atoms with Crippen molar-refractivity contribution in [2.45, 2.75) is 17.9 Å². The summed E-state index contributed by atoms with van der Waals surface area (Å²) in [6.45, 7) is 1.93. The molecule has 6 nitrogen and oxygen atoms in total. The number of methoxy groups -OCH3 is 1. The van der Waals surface area contributed by atoms with Crippen molar-refractivity contribution in [1.82, 2.24) is 5.32 Å². The van der Waals surface area contributed by atoms with Crippen LogP contribution in [-0.2, 0) is 19.4 Å². The molecule has 0 fully saturated rings. The van der Waals surface area contributed by atoms with Crippen molar-refractivity contribution in [2.24, 2.45) is 0 Å². The van der Waals surface area contributed by atoms with E-state index in [4.69, 9.17) is 10.5 Å². The summed E-state index contributed by atoms with van der Waals surface area (Å²) in [6.07, 6.45) is 0. The molecule has 0 radical (unpaired) electrons. The van der Waals surface area contributed by atoms with Crippen molar-refractivity contribution in [2.75, 3.05) is 25.2 Å². The molecule has 0 aliphatic heterocycles. The predicted octanol–water partition coefficient (Wildman–Crippen LogP) is 0.333. The maximum atomic E-state index is 13.1. The lowest BCUT2D eigenvalue weighted by Crippen LogP contribution is -2.39. The van der Waals surface area contributed by atoms with Crippen molar-refractivity contribution in [3.8, 4) is 0 Å². The van der Waals surface area contributed by atoms with Gasteiger partial charge in [-0.1, -0.05) is 0 Å². The highest BCUT2D eigenvalue weighted by atomic mass is 32.2. The van der Waals surface area contributed by atoms with Crippen LogP contribution in [0.2, 0.25) is 0 Å². The van der Waals surface area contributed by atoms with Crippen molar-refractivity contribution in [3.05, 3.63) is 24.0 Å². The maximum absolute atomic E-state index is 13.1. The quantitative estimate of drug-likeness (QED) is 0.738. The van der Waals surface area contributed by atoms with E-state index in [-0.39, 0.29) is 23.2 Å². The first-order chi connectivity index (χ1) is 9.26. The Bertz CT molecular complexity index is 589. The van der Waals surface area contributed by atoms with E-state index in [0.717, 1.165) is 18.2 Å². The molecule has 1 unspecified atom stereocenters.